The molecule has 0 aliphatic carbocycles. The largest absolute Gasteiger partial charge is 0.354 e. The average molecular weight is 322 g/mol. The second-order valence-corrected chi connectivity index (χ2v) is 5.68. The molecule has 23 heavy (non-hydrogen) atoms. The number of rotatable bonds is 9. The highest BCUT2D eigenvalue weighted by Gasteiger charge is 2.25. The first-order chi connectivity index (χ1) is 11.0. The van der Waals surface area contributed by atoms with Gasteiger partial charge < -0.3 is 10.2 Å². The molecule has 2 amide bonds. The number of nitrogens with zero attached hydrogens (tertiary/aromatic N) is 1. The lowest BCUT2D eigenvalue weighted by atomic mass is 10.1. The van der Waals surface area contributed by atoms with Crippen LogP contribution in [0.4, 0.5) is 4.39 Å². The van der Waals surface area contributed by atoms with E-state index in [9.17, 15) is 14.0 Å². The number of carbonyl (C=O) groups excluding carboxylic acids is 2. The Hall–Kier alpha value is -1.91. The van der Waals surface area contributed by atoms with Gasteiger partial charge in [-0.1, -0.05) is 38.5 Å². The van der Waals surface area contributed by atoms with Gasteiger partial charge in [-0.05, 0) is 25.8 Å². The van der Waals surface area contributed by atoms with Gasteiger partial charge in [0.15, 0.2) is 0 Å². The second-order valence-electron chi connectivity index (χ2n) is 5.68. The van der Waals surface area contributed by atoms with E-state index in [4.69, 9.17) is 0 Å². The fourth-order valence-electron chi connectivity index (χ4n) is 2.29. The van der Waals surface area contributed by atoms with Crippen LogP contribution in [0.2, 0.25) is 0 Å². The van der Waals surface area contributed by atoms with Crippen molar-refractivity contribution < 1.29 is 14.0 Å². The molecule has 4 nitrogen and oxygen atoms in total. The molecule has 1 aromatic rings. The van der Waals surface area contributed by atoms with Crippen LogP contribution in [-0.4, -0.2) is 29.3 Å². The summed E-state index contributed by atoms with van der Waals surface area (Å²) in [4.78, 5) is 26.1. The van der Waals surface area contributed by atoms with E-state index in [-0.39, 0.29) is 24.2 Å². The van der Waals surface area contributed by atoms with Crippen molar-refractivity contribution in [2.24, 2.45) is 0 Å². The topological polar surface area (TPSA) is 49.4 Å². The number of benzene rings is 1. The predicted octanol–water partition coefficient (Wildman–Crippen LogP) is 3.26. The zero-order valence-electron chi connectivity index (χ0n) is 14.3. The van der Waals surface area contributed by atoms with Crippen molar-refractivity contribution in [1.82, 2.24) is 10.2 Å². The van der Waals surface area contributed by atoms with Gasteiger partial charge in [-0.2, -0.15) is 0 Å². The van der Waals surface area contributed by atoms with E-state index >= 15 is 0 Å². The van der Waals surface area contributed by atoms with E-state index in [1.807, 2.05) is 13.8 Å². The van der Waals surface area contributed by atoms with E-state index in [0.717, 1.165) is 12.8 Å². The highest BCUT2D eigenvalue weighted by molar-refractivity contribution is 5.87. The standard InChI is InChI=1S/C18H27FN2O2/c1-4-6-12-20-18(23)14(3)21(17(22)9-5-2)13-15-10-7-8-11-16(15)19/h7-8,10-11,14H,4-6,9,12-13H2,1-3H3,(H,20,23). The van der Waals surface area contributed by atoms with Gasteiger partial charge in [-0.25, -0.2) is 4.39 Å². The molecular weight excluding hydrogens is 295 g/mol. The quantitative estimate of drug-likeness (QED) is 0.710. The average Bonchev–Trinajstić information content (AvgIpc) is 2.53. The van der Waals surface area contributed by atoms with Crippen LogP contribution in [0.3, 0.4) is 0 Å². The van der Waals surface area contributed by atoms with Crippen molar-refractivity contribution in [3.05, 3.63) is 35.6 Å². The summed E-state index contributed by atoms with van der Waals surface area (Å²) < 4.78 is 13.9. The summed E-state index contributed by atoms with van der Waals surface area (Å²) in [6.07, 6.45) is 2.93. The summed E-state index contributed by atoms with van der Waals surface area (Å²) >= 11 is 0. The molecule has 0 radical (unpaired) electrons. The van der Waals surface area contributed by atoms with E-state index in [2.05, 4.69) is 5.32 Å². The molecule has 1 aromatic carbocycles. The van der Waals surface area contributed by atoms with Crippen molar-refractivity contribution in [3.63, 3.8) is 0 Å². The Morgan fingerprint density at radius 2 is 1.91 bits per heavy atom. The van der Waals surface area contributed by atoms with E-state index in [0.29, 0.717) is 24.9 Å². The molecule has 0 aromatic heterocycles. The number of hydrogen-bond donors (Lipinski definition) is 1. The minimum absolute atomic E-state index is 0.105. The highest BCUT2D eigenvalue weighted by Crippen LogP contribution is 2.14. The van der Waals surface area contributed by atoms with E-state index in [1.54, 1.807) is 25.1 Å². The van der Waals surface area contributed by atoms with Gasteiger partial charge in [0.2, 0.25) is 11.8 Å². The van der Waals surface area contributed by atoms with Crippen molar-refractivity contribution in [1.29, 1.82) is 0 Å². The third kappa shape index (κ3) is 6.00. The second kappa shape index (κ2) is 9.98. The van der Waals surface area contributed by atoms with Crippen LogP contribution in [-0.2, 0) is 16.1 Å². The molecule has 0 aliphatic heterocycles. The number of amides is 2. The van der Waals surface area contributed by atoms with Gasteiger partial charge in [0, 0.05) is 25.1 Å². The fraction of sp³-hybridized carbons (Fsp3) is 0.556. The normalized spacial score (nSPS) is 11.8. The molecule has 0 spiro atoms. The molecule has 0 saturated heterocycles. The Balaban J connectivity index is 2.85. The summed E-state index contributed by atoms with van der Waals surface area (Å²) in [5.41, 5.74) is 0.421. The molecule has 1 N–H and O–H groups in total. The number of carbonyl (C=O) groups is 2. The zero-order chi connectivity index (χ0) is 17.2. The molecule has 1 atom stereocenters. The Kier molecular flexibility index (Phi) is 8.30. The zero-order valence-corrected chi connectivity index (χ0v) is 14.3. The van der Waals surface area contributed by atoms with Crippen LogP contribution in [0.25, 0.3) is 0 Å². The van der Waals surface area contributed by atoms with Crippen LogP contribution >= 0.6 is 0 Å². The maximum absolute atomic E-state index is 13.9. The summed E-state index contributed by atoms with van der Waals surface area (Å²) in [7, 11) is 0. The SMILES string of the molecule is CCCCNC(=O)C(C)N(Cc1ccccc1F)C(=O)CCC. The van der Waals surface area contributed by atoms with Gasteiger partial charge in [0.25, 0.3) is 0 Å². The molecule has 0 aliphatic rings. The Bertz CT molecular complexity index is 519. The lowest BCUT2D eigenvalue weighted by Crippen LogP contribution is -2.47. The maximum Gasteiger partial charge on any atom is 0.242 e. The minimum atomic E-state index is -0.620. The summed E-state index contributed by atoms with van der Waals surface area (Å²) in [5, 5.41) is 2.83. The summed E-state index contributed by atoms with van der Waals surface area (Å²) in [5.74, 6) is -0.687. The first-order valence-corrected chi connectivity index (χ1v) is 8.31. The smallest absolute Gasteiger partial charge is 0.242 e. The molecule has 0 fully saturated rings. The van der Waals surface area contributed by atoms with E-state index in [1.165, 1.54) is 11.0 Å². The van der Waals surface area contributed by atoms with Crippen LogP contribution in [0.15, 0.2) is 24.3 Å². The van der Waals surface area contributed by atoms with Crippen LogP contribution in [0.5, 0.6) is 0 Å². The number of nitrogens with one attached hydrogen (secondary N) is 1. The van der Waals surface area contributed by atoms with Crippen LogP contribution in [0.1, 0.15) is 52.0 Å². The van der Waals surface area contributed by atoms with Gasteiger partial charge in [-0.3, -0.25) is 9.59 Å². The Morgan fingerprint density at radius 3 is 2.52 bits per heavy atom. The first-order valence-electron chi connectivity index (χ1n) is 8.31. The minimum Gasteiger partial charge on any atom is -0.354 e. The van der Waals surface area contributed by atoms with Crippen LogP contribution in [0, 0.1) is 5.82 Å². The molecule has 0 heterocycles. The molecule has 0 bridgehead atoms. The monoisotopic (exact) mass is 322 g/mol. The summed E-state index contributed by atoms with van der Waals surface area (Å²) in [6, 6.07) is 5.73. The Labute approximate surface area is 138 Å². The predicted molar refractivity (Wildman–Crippen MR) is 89.2 cm³/mol. The van der Waals surface area contributed by atoms with E-state index < -0.39 is 6.04 Å². The highest BCUT2D eigenvalue weighted by atomic mass is 19.1. The fourth-order valence-corrected chi connectivity index (χ4v) is 2.29. The molecule has 0 saturated carbocycles. The molecule has 1 rings (SSSR count). The van der Waals surface area contributed by atoms with Gasteiger partial charge in [0.05, 0.1) is 0 Å². The van der Waals surface area contributed by atoms with Gasteiger partial charge >= 0.3 is 0 Å². The maximum atomic E-state index is 13.9. The van der Waals surface area contributed by atoms with Gasteiger partial charge in [0.1, 0.15) is 11.9 Å². The number of unbranched alkanes of at least 4 members (excludes halogenated alkanes) is 1. The van der Waals surface area contributed by atoms with Crippen molar-refractivity contribution in [2.45, 2.75) is 59.0 Å². The summed E-state index contributed by atoms with van der Waals surface area (Å²) in [6.45, 7) is 6.34. The first kappa shape index (κ1) is 19.1. The molecular formula is C18H27FN2O2. The van der Waals surface area contributed by atoms with Crippen molar-refractivity contribution >= 4 is 11.8 Å². The lowest BCUT2D eigenvalue weighted by molar-refractivity contribution is -0.140. The number of hydrogen-bond acceptors (Lipinski definition) is 2. The van der Waals surface area contributed by atoms with Gasteiger partial charge in [-0.15, -0.1) is 0 Å². The third-order valence-corrected chi connectivity index (χ3v) is 3.76. The third-order valence-electron chi connectivity index (χ3n) is 3.76. The molecule has 1 unspecified atom stereocenters. The van der Waals surface area contributed by atoms with Crippen molar-refractivity contribution in [2.75, 3.05) is 6.54 Å². The molecule has 5 heteroatoms. The number of halogens is 1. The lowest BCUT2D eigenvalue weighted by Gasteiger charge is -2.29. The van der Waals surface area contributed by atoms with Crippen molar-refractivity contribution in [3.8, 4) is 0 Å². The Morgan fingerprint density at radius 1 is 1.22 bits per heavy atom. The molecule has 128 valence electrons. The van der Waals surface area contributed by atoms with Crippen LogP contribution < -0.4 is 5.32 Å².